The Hall–Kier alpha value is -2.88. The molecule has 2 saturated heterocycles. The number of carbonyl (C=O) groups is 1. The normalized spacial score (nSPS) is 17.2. The third kappa shape index (κ3) is 5.22. The van der Waals surface area contributed by atoms with E-state index < -0.39 is 10.0 Å². The lowest BCUT2D eigenvalue weighted by atomic mass is 10.1. The number of sulfonamides is 1. The highest BCUT2D eigenvalue weighted by atomic mass is 32.2. The van der Waals surface area contributed by atoms with Crippen LogP contribution in [0.15, 0.2) is 53.6 Å². The van der Waals surface area contributed by atoms with E-state index in [1.54, 1.807) is 12.1 Å². The first-order valence-corrected chi connectivity index (χ1v) is 13.8. The Morgan fingerprint density at radius 1 is 1.03 bits per heavy atom. The first kappa shape index (κ1) is 23.8. The minimum absolute atomic E-state index is 0.105. The van der Waals surface area contributed by atoms with Crippen molar-refractivity contribution in [3.63, 3.8) is 0 Å². The van der Waals surface area contributed by atoms with Crippen LogP contribution in [0.2, 0.25) is 0 Å². The maximum absolute atomic E-state index is 13.2. The van der Waals surface area contributed by atoms with Crippen LogP contribution in [0.5, 0.6) is 0 Å². The number of nitrogens with zero attached hydrogens (tertiary/aromatic N) is 2. The molecule has 2 N–H and O–H groups in total. The SMILES string of the molecule is O=C(CCCc1c[nH]c2ccccc12)Nc1cc(S(=O)(=O)N2CCOCC2)ccc1N1CCCC1. The summed E-state index contributed by atoms with van der Waals surface area (Å²) in [6.07, 6.45) is 6.05. The summed E-state index contributed by atoms with van der Waals surface area (Å²) >= 11 is 0. The maximum Gasteiger partial charge on any atom is 0.243 e. The Morgan fingerprint density at radius 2 is 1.80 bits per heavy atom. The number of nitrogens with one attached hydrogen (secondary N) is 2. The van der Waals surface area contributed by atoms with Crippen molar-refractivity contribution in [2.75, 3.05) is 49.6 Å². The number of hydrogen-bond donors (Lipinski definition) is 2. The fraction of sp³-hybridized carbons (Fsp3) is 0.423. The summed E-state index contributed by atoms with van der Waals surface area (Å²) in [5.41, 5.74) is 3.75. The Balaban J connectivity index is 1.30. The summed E-state index contributed by atoms with van der Waals surface area (Å²) in [7, 11) is -3.65. The molecular formula is C26H32N4O4S. The van der Waals surface area contributed by atoms with E-state index in [9.17, 15) is 13.2 Å². The van der Waals surface area contributed by atoms with E-state index in [2.05, 4.69) is 21.3 Å². The number of aromatic amines is 1. The van der Waals surface area contributed by atoms with Crippen molar-refractivity contribution in [1.29, 1.82) is 0 Å². The molecule has 5 rings (SSSR count). The number of para-hydroxylation sites is 1. The number of rotatable bonds is 8. The summed E-state index contributed by atoms with van der Waals surface area (Å²) in [6, 6.07) is 13.3. The summed E-state index contributed by atoms with van der Waals surface area (Å²) < 4.78 is 33.2. The van der Waals surface area contributed by atoms with Gasteiger partial charge in [0.25, 0.3) is 0 Å². The minimum atomic E-state index is -3.65. The number of aryl methyl sites for hydroxylation is 1. The second kappa shape index (κ2) is 10.4. The molecule has 0 spiro atoms. The molecule has 35 heavy (non-hydrogen) atoms. The van der Waals surface area contributed by atoms with Crippen LogP contribution in [0.1, 0.15) is 31.2 Å². The van der Waals surface area contributed by atoms with Gasteiger partial charge in [0.05, 0.1) is 29.5 Å². The van der Waals surface area contributed by atoms with Crippen LogP contribution < -0.4 is 10.2 Å². The molecule has 2 aliphatic rings. The summed E-state index contributed by atoms with van der Waals surface area (Å²) in [5, 5.41) is 4.21. The van der Waals surface area contributed by atoms with Gasteiger partial charge in [-0.05, 0) is 55.5 Å². The van der Waals surface area contributed by atoms with Crippen molar-refractivity contribution < 1.29 is 17.9 Å². The lowest BCUT2D eigenvalue weighted by molar-refractivity contribution is -0.116. The van der Waals surface area contributed by atoms with Gasteiger partial charge in [0.1, 0.15) is 0 Å². The molecule has 0 bridgehead atoms. The molecule has 3 heterocycles. The zero-order valence-electron chi connectivity index (χ0n) is 19.8. The van der Waals surface area contributed by atoms with Crippen LogP contribution in [0, 0.1) is 0 Å². The third-order valence-electron chi connectivity index (χ3n) is 6.82. The molecule has 2 aromatic carbocycles. The van der Waals surface area contributed by atoms with Crippen molar-refractivity contribution in [1.82, 2.24) is 9.29 Å². The largest absolute Gasteiger partial charge is 0.379 e. The van der Waals surface area contributed by atoms with Crippen molar-refractivity contribution in [2.45, 2.75) is 37.0 Å². The monoisotopic (exact) mass is 496 g/mol. The number of aromatic nitrogens is 1. The van der Waals surface area contributed by atoms with Gasteiger partial charge in [0.15, 0.2) is 0 Å². The fourth-order valence-corrected chi connectivity index (χ4v) is 6.37. The number of ether oxygens (including phenoxy) is 1. The molecule has 0 aliphatic carbocycles. The molecule has 1 aromatic heterocycles. The lowest BCUT2D eigenvalue weighted by Gasteiger charge is -2.27. The van der Waals surface area contributed by atoms with Crippen LogP contribution >= 0.6 is 0 Å². The number of fused-ring (bicyclic) bond motifs is 1. The number of anilines is 2. The zero-order valence-corrected chi connectivity index (χ0v) is 20.6. The highest BCUT2D eigenvalue weighted by Gasteiger charge is 2.28. The Labute approximate surface area is 206 Å². The van der Waals surface area contributed by atoms with Gasteiger partial charge < -0.3 is 19.9 Å². The smallest absolute Gasteiger partial charge is 0.243 e. The second-order valence-corrected chi connectivity index (χ2v) is 11.1. The number of benzene rings is 2. The molecule has 1 amide bonds. The van der Waals surface area contributed by atoms with Gasteiger partial charge in [-0.3, -0.25) is 4.79 Å². The average molecular weight is 497 g/mol. The molecule has 2 fully saturated rings. The van der Waals surface area contributed by atoms with Crippen LogP contribution in [-0.2, 0) is 26.0 Å². The zero-order chi connectivity index (χ0) is 24.3. The van der Waals surface area contributed by atoms with E-state index in [-0.39, 0.29) is 10.8 Å². The minimum Gasteiger partial charge on any atom is -0.379 e. The number of H-pyrrole nitrogens is 1. The highest BCUT2D eigenvalue weighted by molar-refractivity contribution is 7.89. The standard InChI is InChI=1S/C26H32N4O4S/c31-26(9-5-6-20-19-27-23-8-2-1-7-22(20)23)28-24-18-21(10-11-25(24)29-12-3-4-13-29)35(32,33)30-14-16-34-17-15-30/h1-2,7-8,10-11,18-19,27H,3-6,9,12-17H2,(H,28,31). The molecule has 0 unspecified atom stereocenters. The summed E-state index contributed by atoms with van der Waals surface area (Å²) in [6.45, 7) is 3.27. The van der Waals surface area contributed by atoms with Crippen LogP contribution in [0.25, 0.3) is 10.9 Å². The summed E-state index contributed by atoms with van der Waals surface area (Å²) in [4.78, 5) is 18.6. The molecule has 0 saturated carbocycles. The first-order chi connectivity index (χ1) is 17.0. The van der Waals surface area contributed by atoms with Crippen molar-refractivity contribution >= 4 is 38.2 Å². The predicted molar refractivity (Wildman–Crippen MR) is 137 cm³/mol. The van der Waals surface area contributed by atoms with Crippen molar-refractivity contribution in [2.24, 2.45) is 0 Å². The molecule has 2 aliphatic heterocycles. The van der Waals surface area contributed by atoms with E-state index >= 15 is 0 Å². The Kier molecular flexibility index (Phi) is 7.08. The second-order valence-electron chi connectivity index (χ2n) is 9.15. The van der Waals surface area contributed by atoms with Crippen molar-refractivity contribution in [3.05, 3.63) is 54.2 Å². The maximum atomic E-state index is 13.2. The molecule has 8 nitrogen and oxygen atoms in total. The Morgan fingerprint density at radius 3 is 2.60 bits per heavy atom. The lowest BCUT2D eigenvalue weighted by Crippen LogP contribution is -2.40. The first-order valence-electron chi connectivity index (χ1n) is 12.3. The molecule has 186 valence electrons. The molecule has 9 heteroatoms. The highest BCUT2D eigenvalue weighted by Crippen LogP contribution is 2.33. The number of amides is 1. The van der Waals surface area contributed by atoms with Crippen LogP contribution in [-0.4, -0.2) is 63.0 Å². The molecular weight excluding hydrogens is 464 g/mol. The fourth-order valence-electron chi connectivity index (χ4n) is 4.94. The number of hydrogen-bond acceptors (Lipinski definition) is 5. The van der Waals surface area contributed by atoms with Crippen LogP contribution in [0.4, 0.5) is 11.4 Å². The van der Waals surface area contributed by atoms with Gasteiger partial charge in [-0.25, -0.2) is 8.42 Å². The third-order valence-corrected chi connectivity index (χ3v) is 8.72. The molecule has 0 atom stereocenters. The van der Waals surface area contributed by atoms with Gasteiger partial charge >= 0.3 is 0 Å². The van der Waals surface area contributed by atoms with E-state index in [0.29, 0.717) is 44.8 Å². The van der Waals surface area contributed by atoms with Gasteiger partial charge in [0.2, 0.25) is 15.9 Å². The van der Waals surface area contributed by atoms with E-state index in [1.807, 2.05) is 30.5 Å². The van der Waals surface area contributed by atoms with Gasteiger partial charge in [-0.2, -0.15) is 4.31 Å². The van der Waals surface area contributed by atoms with E-state index in [0.717, 1.165) is 43.6 Å². The van der Waals surface area contributed by atoms with E-state index in [1.165, 1.54) is 15.3 Å². The van der Waals surface area contributed by atoms with E-state index in [4.69, 9.17) is 4.74 Å². The quantitative estimate of drug-likeness (QED) is 0.495. The molecule has 3 aromatic rings. The molecule has 0 radical (unpaired) electrons. The van der Waals surface area contributed by atoms with Crippen LogP contribution in [0.3, 0.4) is 0 Å². The van der Waals surface area contributed by atoms with Crippen molar-refractivity contribution in [3.8, 4) is 0 Å². The summed E-state index contributed by atoms with van der Waals surface area (Å²) in [5.74, 6) is -0.105. The van der Waals surface area contributed by atoms with Gasteiger partial charge in [0, 0.05) is 49.7 Å². The average Bonchev–Trinajstić information content (AvgIpc) is 3.55. The topological polar surface area (TPSA) is 94.7 Å². The predicted octanol–water partition coefficient (Wildman–Crippen LogP) is 3.75. The number of carbonyl (C=O) groups excluding carboxylic acids is 1. The Bertz CT molecular complexity index is 1290. The number of morpholine rings is 1. The van der Waals surface area contributed by atoms with Gasteiger partial charge in [-0.15, -0.1) is 0 Å². The van der Waals surface area contributed by atoms with Gasteiger partial charge in [-0.1, -0.05) is 18.2 Å².